The molecule has 0 saturated carbocycles. The highest BCUT2D eigenvalue weighted by Crippen LogP contribution is 2.32. The van der Waals surface area contributed by atoms with Crippen LogP contribution in [0, 0.1) is 0 Å². The maximum Gasteiger partial charge on any atom is 0.328 e. The molecule has 0 fully saturated rings. The maximum absolute atomic E-state index is 12.8. The van der Waals surface area contributed by atoms with Crippen molar-refractivity contribution in [2.24, 2.45) is 0 Å². The van der Waals surface area contributed by atoms with Gasteiger partial charge in [0.25, 0.3) is 0 Å². The van der Waals surface area contributed by atoms with Crippen LogP contribution < -0.4 is 10.1 Å². The molecule has 0 bridgehead atoms. The molecule has 6 heteroatoms. The third-order valence-electron chi connectivity index (χ3n) is 4.90. The molecule has 2 aromatic carbocycles. The molecule has 0 spiro atoms. The van der Waals surface area contributed by atoms with Crippen molar-refractivity contribution in [3.05, 3.63) is 84.1 Å². The number of esters is 1. The Morgan fingerprint density at radius 1 is 0.967 bits per heavy atom. The standard InChI is InChI=1S/C24H26N2O4/c1-16(26-23-22(27)20(29-3)14-15-25-23)24(28)30-17(2)21(18-10-6-4-7-11-18)19-12-8-5-9-13-19/h4-17,21,27H,1-3H3,(H,25,26)/t16-,17-/m0/s1. The molecular weight excluding hydrogens is 380 g/mol. The van der Waals surface area contributed by atoms with Gasteiger partial charge in [-0.05, 0) is 25.0 Å². The molecule has 156 valence electrons. The average Bonchev–Trinajstić information content (AvgIpc) is 2.76. The number of hydrogen-bond donors (Lipinski definition) is 2. The minimum Gasteiger partial charge on any atom is -0.502 e. The van der Waals surface area contributed by atoms with Gasteiger partial charge in [0.1, 0.15) is 12.1 Å². The van der Waals surface area contributed by atoms with Gasteiger partial charge in [0.15, 0.2) is 11.6 Å². The smallest absolute Gasteiger partial charge is 0.328 e. The first-order chi connectivity index (χ1) is 14.5. The van der Waals surface area contributed by atoms with Crippen molar-refractivity contribution in [3.63, 3.8) is 0 Å². The molecule has 0 radical (unpaired) electrons. The third-order valence-corrected chi connectivity index (χ3v) is 4.90. The van der Waals surface area contributed by atoms with Crippen molar-refractivity contribution in [2.75, 3.05) is 12.4 Å². The first kappa shape index (κ1) is 21.2. The molecule has 1 aromatic heterocycles. The highest BCUT2D eigenvalue weighted by molar-refractivity contribution is 5.79. The number of ether oxygens (including phenoxy) is 2. The van der Waals surface area contributed by atoms with Gasteiger partial charge in [0.05, 0.1) is 7.11 Å². The molecule has 1 heterocycles. The maximum atomic E-state index is 12.8. The largest absolute Gasteiger partial charge is 0.502 e. The van der Waals surface area contributed by atoms with Gasteiger partial charge in [-0.15, -0.1) is 0 Å². The second-order valence-corrected chi connectivity index (χ2v) is 7.02. The Bertz CT molecular complexity index is 924. The van der Waals surface area contributed by atoms with E-state index in [1.54, 1.807) is 6.92 Å². The van der Waals surface area contributed by atoms with Crippen LogP contribution in [-0.2, 0) is 9.53 Å². The number of anilines is 1. The predicted octanol–water partition coefficient (Wildman–Crippen LogP) is 4.36. The molecule has 0 aliphatic rings. The minimum atomic E-state index is -0.717. The molecule has 2 N–H and O–H groups in total. The fourth-order valence-corrected chi connectivity index (χ4v) is 3.38. The Kier molecular flexibility index (Phi) is 6.91. The van der Waals surface area contributed by atoms with Crippen molar-refractivity contribution in [3.8, 4) is 11.5 Å². The summed E-state index contributed by atoms with van der Waals surface area (Å²) in [7, 11) is 1.45. The Hall–Kier alpha value is -3.54. The van der Waals surface area contributed by atoms with Crippen molar-refractivity contribution >= 4 is 11.8 Å². The van der Waals surface area contributed by atoms with Crippen LogP contribution >= 0.6 is 0 Å². The fraction of sp³-hybridized carbons (Fsp3) is 0.250. The molecular formula is C24H26N2O4. The van der Waals surface area contributed by atoms with Gasteiger partial charge in [0.2, 0.25) is 5.75 Å². The number of carbonyl (C=O) groups excluding carboxylic acids is 1. The van der Waals surface area contributed by atoms with Crippen LogP contribution in [0.4, 0.5) is 5.82 Å². The van der Waals surface area contributed by atoms with Gasteiger partial charge in [-0.2, -0.15) is 0 Å². The van der Waals surface area contributed by atoms with Crippen molar-refractivity contribution in [1.82, 2.24) is 4.98 Å². The second-order valence-electron chi connectivity index (χ2n) is 7.02. The number of carbonyl (C=O) groups is 1. The van der Waals surface area contributed by atoms with E-state index in [1.165, 1.54) is 19.4 Å². The first-order valence-electron chi connectivity index (χ1n) is 9.80. The van der Waals surface area contributed by atoms with Crippen LogP contribution in [0.2, 0.25) is 0 Å². The number of nitrogens with one attached hydrogen (secondary N) is 1. The Morgan fingerprint density at radius 2 is 1.53 bits per heavy atom. The summed E-state index contributed by atoms with van der Waals surface area (Å²) in [4.78, 5) is 16.8. The lowest BCUT2D eigenvalue weighted by Gasteiger charge is -2.26. The SMILES string of the molecule is COc1ccnc(N[C@@H](C)C(=O)O[C@@H](C)C(c2ccccc2)c2ccccc2)c1O. The van der Waals surface area contributed by atoms with Gasteiger partial charge < -0.3 is 19.9 Å². The summed E-state index contributed by atoms with van der Waals surface area (Å²) >= 11 is 0. The monoisotopic (exact) mass is 406 g/mol. The van der Waals surface area contributed by atoms with Gasteiger partial charge in [-0.3, -0.25) is 0 Å². The Balaban J connectivity index is 1.75. The molecule has 0 unspecified atom stereocenters. The quantitative estimate of drug-likeness (QED) is 0.541. The molecule has 30 heavy (non-hydrogen) atoms. The molecule has 0 saturated heterocycles. The van der Waals surface area contributed by atoms with Crippen molar-refractivity contribution < 1.29 is 19.4 Å². The fourth-order valence-electron chi connectivity index (χ4n) is 3.38. The molecule has 3 rings (SSSR count). The Labute approximate surface area is 176 Å². The molecule has 6 nitrogen and oxygen atoms in total. The Morgan fingerprint density at radius 3 is 2.07 bits per heavy atom. The molecule has 0 aliphatic carbocycles. The third kappa shape index (κ3) is 4.89. The lowest BCUT2D eigenvalue weighted by atomic mass is 9.87. The van der Waals surface area contributed by atoms with E-state index in [0.29, 0.717) is 0 Å². The van der Waals surface area contributed by atoms with E-state index < -0.39 is 18.1 Å². The summed E-state index contributed by atoms with van der Waals surface area (Å²) in [5.74, 6) is -0.266. The van der Waals surface area contributed by atoms with E-state index in [1.807, 2.05) is 67.6 Å². The van der Waals surface area contributed by atoms with Crippen LogP contribution in [0.1, 0.15) is 30.9 Å². The van der Waals surface area contributed by atoms with E-state index in [2.05, 4.69) is 10.3 Å². The number of benzene rings is 2. The second kappa shape index (κ2) is 9.78. The zero-order valence-corrected chi connectivity index (χ0v) is 17.3. The van der Waals surface area contributed by atoms with Gasteiger partial charge in [0, 0.05) is 18.2 Å². The van der Waals surface area contributed by atoms with Crippen molar-refractivity contribution in [1.29, 1.82) is 0 Å². The van der Waals surface area contributed by atoms with E-state index in [-0.39, 0.29) is 23.2 Å². The summed E-state index contributed by atoms with van der Waals surface area (Å²) in [6, 6.07) is 20.8. The van der Waals surface area contributed by atoms with Crippen LogP contribution in [0.15, 0.2) is 72.9 Å². The molecule has 0 aliphatic heterocycles. The zero-order chi connectivity index (χ0) is 21.5. The van der Waals surface area contributed by atoms with Crippen LogP contribution in [0.25, 0.3) is 0 Å². The number of rotatable bonds is 8. The summed E-state index contributed by atoms with van der Waals surface area (Å²) in [5.41, 5.74) is 2.13. The summed E-state index contributed by atoms with van der Waals surface area (Å²) in [6.45, 7) is 3.55. The van der Waals surface area contributed by atoms with Crippen LogP contribution in [0.3, 0.4) is 0 Å². The van der Waals surface area contributed by atoms with Crippen LogP contribution in [-0.4, -0.2) is 35.3 Å². The van der Waals surface area contributed by atoms with E-state index in [0.717, 1.165) is 11.1 Å². The number of aromatic hydroxyl groups is 1. The topological polar surface area (TPSA) is 80.7 Å². The molecule has 0 amide bonds. The number of pyridine rings is 1. The number of hydrogen-bond acceptors (Lipinski definition) is 6. The number of methoxy groups -OCH3 is 1. The summed E-state index contributed by atoms with van der Waals surface area (Å²) in [5, 5.41) is 13.1. The van der Waals surface area contributed by atoms with E-state index in [4.69, 9.17) is 9.47 Å². The highest BCUT2D eigenvalue weighted by Gasteiger charge is 2.27. The summed E-state index contributed by atoms with van der Waals surface area (Å²) in [6.07, 6.45) is 1.08. The van der Waals surface area contributed by atoms with Crippen LogP contribution in [0.5, 0.6) is 11.5 Å². The highest BCUT2D eigenvalue weighted by atomic mass is 16.5. The number of nitrogens with zero attached hydrogens (tertiary/aromatic N) is 1. The predicted molar refractivity (Wildman–Crippen MR) is 116 cm³/mol. The van der Waals surface area contributed by atoms with Gasteiger partial charge >= 0.3 is 5.97 Å². The lowest BCUT2D eigenvalue weighted by molar-refractivity contribution is -0.149. The first-order valence-corrected chi connectivity index (χ1v) is 9.80. The molecule has 2 atom stereocenters. The minimum absolute atomic E-state index is 0.105. The summed E-state index contributed by atoms with van der Waals surface area (Å²) < 4.78 is 10.9. The molecule has 3 aromatic rings. The number of aromatic nitrogens is 1. The van der Waals surface area contributed by atoms with Crippen molar-refractivity contribution in [2.45, 2.75) is 31.9 Å². The normalized spacial score (nSPS) is 12.8. The zero-order valence-electron chi connectivity index (χ0n) is 17.3. The average molecular weight is 406 g/mol. The van der Waals surface area contributed by atoms with Gasteiger partial charge in [-0.1, -0.05) is 60.7 Å². The lowest BCUT2D eigenvalue weighted by Crippen LogP contribution is -2.33. The van der Waals surface area contributed by atoms with E-state index in [9.17, 15) is 9.90 Å². The van der Waals surface area contributed by atoms with Gasteiger partial charge in [-0.25, -0.2) is 9.78 Å². The van der Waals surface area contributed by atoms with E-state index >= 15 is 0 Å².